The van der Waals surface area contributed by atoms with Crippen LogP contribution in [0.4, 0.5) is 5.13 Å². The maximum atomic E-state index is 12.6. The van der Waals surface area contributed by atoms with E-state index < -0.39 is 51.6 Å². The fraction of sp³-hybridized carbons (Fsp3) is 0.417. The molecule has 2 atom stereocenters. The van der Waals surface area contributed by atoms with E-state index in [-0.39, 0.29) is 15.1 Å². The fourth-order valence-electron chi connectivity index (χ4n) is 2.01. The van der Waals surface area contributed by atoms with Crippen molar-refractivity contribution in [3.8, 4) is 0 Å². The number of aliphatic carboxylic acids is 1. The normalized spacial score (nSPS) is 19.5. The number of hydrogen-bond donors (Lipinski definition) is 4. The van der Waals surface area contributed by atoms with Crippen molar-refractivity contribution in [3.05, 3.63) is 21.5 Å². The molecule has 5 N–H and O–H groups in total. The second-order valence-electron chi connectivity index (χ2n) is 6.10. The molecule has 2 unspecified atom stereocenters. The highest BCUT2D eigenvalue weighted by molar-refractivity contribution is 7.84. The fourth-order valence-corrected chi connectivity index (χ4v) is 3.34. The first-order chi connectivity index (χ1) is 13.8. The van der Waals surface area contributed by atoms with Crippen LogP contribution in [0.15, 0.2) is 15.7 Å². The molecule has 0 spiro atoms. The van der Waals surface area contributed by atoms with Crippen molar-refractivity contribution in [3.63, 3.8) is 0 Å². The molecule has 1 aromatic heterocycles. The van der Waals surface area contributed by atoms with Gasteiger partial charge in [0, 0.05) is 10.3 Å². The summed E-state index contributed by atoms with van der Waals surface area (Å²) >= 11 is 0.921. The molecule has 30 heavy (non-hydrogen) atoms. The number of aromatic nitrogens is 1. The number of nitrogens with zero attached hydrogens (tertiary/aromatic N) is 6. The van der Waals surface area contributed by atoms with Crippen LogP contribution in [0.25, 0.3) is 10.4 Å². The lowest BCUT2D eigenvalue weighted by Crippen LogP contribution is -2.71. The van der Waals surface area contributed by atoms with E-state index in [4.69, 9.17) is 25.8 Å². The molecule has 1 fully saturated rings. The van der Waals surface area contributed by atoms with Gasteiger partial charge in [-0.2, -0.15) is 8.42 Å². The van der Waals surface area contributed by atoms with Gasteiger partial charge < -0.3 is 21.0 Å². The summed E-state index contributed by atoms with van der Waals surface area (Å²) in [6.45, 7) is 2.31. The number of oxime groups is 1. The molecule has 1 aliphatic rings. The lowest BCUT2D eigenvalue weighted by Gasteiger charge is -2.41. The van der Waals surface area contributed by atoms with Gasteiger partial charge in [0.1, 0.15) is 11.7 Å². The predicted octanol–water partition coefficient (Wildman–Crippen LogP) is -0.925. The predicted molar refractivity (Wildman–Crippen MR) is 99.1 cm³/mol. The van der Waals surface area contributed by atoms with Crippen LogP contribution in [-0.4, -0.2) is 68.7 Å². The van der Waals surface area contributed by atoms with Crippen molar-refractivity contribution >= 4 is 50.3 Å². The van der Waals surface area contributed by atoms with Gasteiger partial charge in [0.25, 0.3) is 11.8 Å². The van der Waals surface area contributed by atoms with Crippen molar-refractivity contribution in [2.45, 2.75) is 31.7 Å². The molecule has 18 heteroatoms. The summed E-state index contributed by atoms with van der Waals surface area (Å²) in [6.07, 6.45) is -1.78. The van der Waals surface area contributed by atoms with Gasteiger partial charge in [0.2, 0.25) is 5.60 Å². The third-order valence-electron chi connectivity index (χ3n) is 3.59. The summed E-state index contributed by atoms with van der Waals surface area (Å²) in [7, 11) is -5.04. The average Bonchev–Trinajstić information content (AvgIpc) is 3.04. The number of rotatable bonds is 8. The zero-order valence-electron chi connectivity index (χ0n) is 15.2. The minimum Gasteiger partial charge on any atom is -0.478 e. The summed E-state index contributed by atoms with van der Waals surface area (Å²) in [5.74, 6) is -3.83. The zero-order chi connectivity index (χ0) is 22.9. The largest absolute Gasteiger partial charge is 0.478 e. The van der Waals surface area contributed by atoms with E-state index in [9.17, 15) is 22.8 Å². The molecule has 2 amide bonds. The number of anilines is 1. The summed E-state index contributed by atoms with van der Waals surface area (Å²) in [5.41, 5.74) is 11.5. The SMILES string of the molecule is CC(C)(O/N=C(/C(=O)NC1C(=O)N(S(=O)(=O)O)C1N=[N+]=[N-])c1csc(N)n1)C(=O)O. The lowest BCUT2D eigenvalue weighted by molar-refractivity contribution is -0.161. The third-order valence-corrected chi connectivity index (χ3v) is 5.15. The quantitative estimate of drug-likeness (QED) is 0.0702. The topological polar surface area (TPSA) is 250 Å². The summed E-state index contributed by atoms with van der Waals surface area (Å²) in [6, 6.07) is -1.66. The standard InChI is InChI=1S/C12H14N8O8S2/c1-12(2,10(23)24)28-18-5(4-3-29-11(13)15-4)8(21)16-6-7(17-19-14)20(9(6)22)30(25,26)27/h3,6-7H,1-2H3,(H2,13,15)(H,16,21)(H,23,24)(H,25,26,27)/b18-5+. The molecular formula is C12H14N8O8S2. The molecule has 0 bridgehead atoms. The van der Waals surface area contributed by atoms with Crippen LogP contribution in [-0.2, 0) is 29.5 Å². The average molecular weight is 462 g/mol. The Kier molecular flexibility index (Phi) is 6.17. The minimum atomic E-state index is -5.04. The third kappa shape index (κ3) is 4.57. The molecule has 1 aliphatic heterocycles. The molecule has 16 nitrogen and oxygen atoms in total. The molecule has 162 valence electrons. The molecule has 2 heterocycles. The second kappa shape index (κ2) is 8.11. The first-order valence-corrected chi connectivity index (χ1v) is 9.94. The Bertz CT molecular complexity index is 1070. The number of carboxylic acids is 1. The van der Waals surface area contributed by atoms with Crippen LogP contribution in [0, 0.1) is 0 Å². The van der Waals surface area contributed by atoms with Gasteiger partial charge >= 0.3 is 16.3 Å². The Morgan fingerprint density at radius 3 is 2.60 bits per heavy atom. The monoisotopic (exact) mass is 462 g/mol. The van der Waals surface area contributed by atoms with Crippen LogP contribution in [0.3, 0.4) is 0 Å². The number of thiazole rings is 1. The van der Waals surface area contributed by atoms with E-state index in [1.807, 2.05) is 0 Å². The van der Waals surface area contributed by atoms with Crippen LogP contribution >= 0.6 is 11.3 Å². The Labute approximate surface area is 171 Å². The van der Waals surface area contributed by atoms with Gasteiger partial charge in [0.05, 0.1) is 0 Å². The van der Waals surface area contributed by atoms with Gasteiger partial charge in [-0.1, -0.05) is 10.3 Å². The Morgan fingerprint density at radius 1 is 1.50 bits per heavy atom. The van der Waals surface area contributed by atoms with Gasteiger partial charge in [-0.05, 0) is 19.4 Å². The highest BCUT2D eigenvalue weighted by Crippen LogP contribution is 2.25. The maximum Gasteiger partial charge on any atom is 0.362 e. The number of carboxylic acid groups (broad SMARTS) is 1. The molecule has 0 aliphatic carbocycles. The van der Waals surface area contributed by atoms with Gasteiger partial charge in [0.15, 0.2) is 17.0 Å². The highest BCUT2D eigenvalue weighted by atomic mass is 32.2. The smallest absolute Gasteiger partial charge is 0.362 e. The molecule has 0 radical (unpaired) electrons. The minimum absolute atomic E-state index is 0.0345. The van der Waals surface area contributed by atoms with Gasteiger partial charge in [-0.15, -0.1) is 11.3 Å². The summed E-state index contributed by atoms with van der Waals surface area (Å²) < 4.78 is 31.3. The highest BCUT2D eigenvalue weighted by Gasteiger charge is 2.54. The molecule has 1 saturated heterocycles. The number of β-lactam (4-membered cyclic amide) rings is 1. The van der Waals surface area contributed by atoms with Crippen LogP contribution in [0.2, 0.25) is 0 Å². The van der Waals surface area contributed by atoms with Crippen molar-refractivity contribution in [1.29, 1.82) is 0 Å². The van der Waals surface area contributed by atoms with E-state index in [0.717, 1.165) is 25.2 Å². The maximum absolute atomic E-state index is 12.6. The molecule has 0 saturated carbocycles. The van der Waals surface area contributed by atoms with E-state index in [1.54, 1.807) is 0 Å². The van der Waals surface area contributed by atoms with Gasteiger partial charge in [-0.3, -0.25) is 14.1 Å². The summed E-state index contributed by atoms with van der Waals surface area (Å²) in [4.78, 5) is 46.9. The number of nitrogens with one attached hydrogen (secondary N) is 1. The number of carbonyl (C=O) groups excluding carboxylic acids is 2. The van der Waals surface area contributed by atoms with E-state index >= 15 is 0 Å². The van der Waals surface area contributed by atoms with E-state index in [1.165, 1.54) is 5.38 Å². The number of nitrogens with two attached hydrogens (primary N) is 1. The summed E-state index contributed by atoms with van der Waals surface area (Å²) in [5, 5.41) is 19.0. The number of carbonyl (C=O) groups is 3. The van der Waals surface area contributed by atoms with Crippen LogP contribution in [0.1, 0.15) is 19.5 Å². The Morgan fingerprint density at radius 2 is 2.13 bits per heavy atom. The van der Waals surface area contributed by atoms with Gasteiger partial charge in [-0.25, -0.2) is 14.1 Å². The number of hydrogen-bond acceptors (Lipinski definition) is 11. The van der Waals surface area contributed by atoms with Crippen molar-refractivity contribution in [1.82, 2.24) is 14.6 Å². The van der Waals surface area contributed by atoms with Crippen molar-refractivity contribution < 1.29 is 37.3 Å². The van der Waals surface area contributed by atoms with Crippen LogP contribution in [0.5, 0.6) is 0 Å². The Balaban J connectivity index is 2.34. The zero-order valence-corrected chi connectivity index (χ0v) is 16.8. The molecule has 0 aromatic carbocycles. The Hall–Kier alpha value is -3.47. The number of nitrogen functional groups attached to an aromatic ring is 1. The van der Waals surface area contributed by atoms with E-state index in [2.05, 4.69) is 25.5 Å². The van der Waals surface area contributed by atoms with E-state index in [0.29, 0.717) is 0 Å². The first kappa shape index (κ1) is 22.8. The number of amides is 2. The number of azide groups is 1. The first-order valence-electron chi connectivity index (χ1n) is 7.66. The van der Waals surface area contributed by atoms with Crippen molar-refractivity contribution in [2.24, 2.45) is 10.3 Å². The van der Waals surface area contributed by atoms with Crippen molar-refractivity contribution in [2.75, 3.05) is 5.73 Å². The molecular weight excluding hydrogens is 448 g/mol. The molecule has 2 rings (SSSR count). The van der Waals surface area contributed by atoms with Crippen LogP contribution < -0.4 is 11.1 Å². The molecule has 1 aromatic rings. The second-order valence-corrected chi connectivity index (χ2v) is 8.28. The lowest BCUT2D eigenvalue weighted by atomic mass is 10.1.